The molecule has 14 N–H and O–H groups in total. The fourth-order valence-corrected chi connectivity index (χ4v) is 4.47. The van der Waals surface area contributed by atoms with Gasteiger partial charge in [0.1, 0.15) is 24.4 Å². The SMILES string of the molecule is CC(=O)O.CC(=O)O.CC(=O)O.COc1cc(NC(=O)[C@H](CCCN=C(N)N)NC(=O)[C@H](CCCN=C(N)N)NC(=O)OCc2ccccc2)cc2ccccc12. The van der Waals surface area contributed by atoms with Crippen LogP contribution in [0.5, 0.6) is 5.75 Å². The maximum atomic E-state index is 13.5. The van der Waals surface area contributed by atoms with Crippen molar-refractivity contribution in [2.45, 2.75) is 65.1 Å². The first-order valence-electron chi connectivity index (χ1n) is 17.2. The molecule has 0 aliphatic heterocycles. The Morgan fingerprint density at radius 1 is 0.684 bits per heavy atom. The third-order valence-corrected chi connectivity index (χ3v) is 6.66. The highest BCUT2D eigenvalue weighted by Gasteiger charge is 2.27. The van der Waals surface area contributed by atoms with Crippen LogP contribution < -0.4 is 43.6 Å². The van der Waals surface area contributed by atoms with E-state index in [9.17, 15) is 14.4 Å². The van der Waals surface area contributed by atoms with Gasteiger partial charge >= 0.3 is 6.09 Å². The van der Waals surface area contributed by atoms with E-state index in [0.29, 0.717) is 24.3 Å². The number of anilines is 1. The van der Waals surface area contributed by atoms with Gasteiger partial charge < -0.3 is 63.7 Å². The normalized spacial score (nSPS) is 10.7. The summed E-state index contributed by atoms with van der Waals surface area (Å²) < 4.78 is 10.8. The highest BCUT2D eigenvalue weighted by molar-refractivity contribution is 6.01. The van der Waals surface area contributed by atoms with Gasteiger partial charge in [-0.25, -0.2) is 4.79 Å². The number of nitrogens with two attached hydrogens (primary N) is 4. The number of nitrogens with one attached hydrogen (secondary N) is 3. The Morgan fingerprint density at radius 2 is 1.16 bits per heavy atom. The summed E-state index contributed by atoms with van der Waals surface area (Å²) in [6.07, 6.45) is 0.343. The molecule has 0 fully saturated rings. The smallest absolute Gasteiger partial charge is 0.408 e. The summed E-state index contributed by atoms with van der Waals surface area (Å²) in [6, 6.07) is 18.2. The second-order valence-corrected chi connectivity index (χ2v) is 11.7. The number of benzene rings is 3. The standard InChI is InChI=1S/C31H41N9O5.3C2H4O2/c1-44-26-18-22(17-21-11-5-6-12-23(21)26)38-27(41)24(13-7-15-36-29(32)33)39-28(42)25(14-8-16-37-30(34)35)40-31(43)45-19-20-9-3-2-4-10-20;3*1-2(3)4/h2-6,9-12,17-18,24-25H,7-8,13-16,19H2,1H3,(H,38,41)(H,39,42)(H,40,43)(H4,32,33,36)(H4,34,35,37);3*1H3,(H,3,4)/t24-,25-;;;/m0.../s1. The third-order valence-electron chi connectivity index (χ3n) is 6.66. The minimum absolute atomic E-state index is 0.0139. The first-order valence-corrected chi connectivity index (χ1v) is 17.2. The summed E-state index contributed by atoms with van der Waals surface area (Å²) in [5.74, 6) is -3.15. The number of carboxylic acids is 3. The molecule has 2 atom stereocenters. The molecule has 0 spiro atoms. The summed E-state index contributed by atoms with van der Waals surface area (Å²) >= 11 is 0. The molecule has 0 radical (unpaired) electrons. The van der Waals surface area contributed by atoms with Gasteiger partial charge in [-0.15, -0.1) is 0 Å². The minimum atomic E-state index is -1.05. The summed E-state index contributed by atoms with van der Waals surface area (Å²) in [5.41, 5.74) is 23.0. The lowest BCUT2D eigenvalue weighted by Crippen LogP contribution is -2.52. The fraction of sp³-hybridized carbons (Fsp3) is 0.351. The number of aliphatic carboxylic acids is 3. The van der Waals surface area contributed by atoms with Crippen LogP contribution >= 0.6 is 0 Å². The summed E-state index contributed by atoms with van der Waals surface area (Å²) in [4.78, 5) is 74.6. The molecular weight excluding hydrogens is 746 g/mol. The number of aliphatic imine (C=N–C) groups is 2. The van der Waals surface area contributed by atoms with Crippen LogP contribution in [0.25, 0.3) is 10.8 Å². The number of rotatable bonds is 16. The molecule has 0 aliphatic rings. The van der Waals surface area contributed by atoms with E-state index in [2.05, 4.69) is 25.9 Å². The maximum absolute atomic E-state index is 13.5. The van der Waals surface area contributed by atoms with Crippen LogP contribution in [0.2, 0.25) is 0 Å². The molecule has 0 aliphatic carbocycles. The highest BCUT2D eigenvalue weighted by Crippen LogP contribution is 2.30. The summed E-state index contributed by atoms with van der Waals surface area (Å²) in [5, 5.41) is 32.2. The molecule has 3 rings (SSSR count). The number of hydrogen-bond donors (Lipinski definition) is 10. The van der Waals surface area contributed by atoms with Crippen molar-refractivity contribution in [1.29, 1.82) is 0 Å². The van der Waals surface area contributed by atoms with E-state index < -0.39 is 47.9 Å². The number of nitrogens with zero attached hydrogens (tertiary/aromatic N) is 2. The van der Waals surface area contributed by atoms with Crippen molar-refractivity contribution in [2.75, 3.05) is 25.5 Å². The molecule has 0 saturated carbocycles. The van der Waals surface area contributed by atoms with Crippen molar-refractivity contribution >= 4 is 64.2 Å². The zero-order valence-electron chi connectivity index (χ0n) is 32.3. The maximum Gasteiger partial charge on any atom is 0.408 e. The van der Waals surface area contributed by atoms with Gasteiger partial charge in [0.25, 0.3) is 17.9 Å². The molecule has 312 valence electrons. The number of hydrogen-bond acceptors (Lipinski definition) is 10. The molecule has 0 heterocycles. The minimum Gasteiger partial charge on any atom is -0.496 e. The summed E-state index contributed by atoms with van der Waals surface area (Å²) in [7, 11) is 1.55. The second kappa shape index (κ2) is 28.3. The number of guanidine groups is 2. The third kappa shape index (κ3) is 25.5. The first kappa shape index (κ1) is 49.9. The van der Waals surface area contributed by atoms with Crippen LogP contribution in [-0.4, -0.2) is 95.3 Å². The van der Waals surface area contributed by atoms with Crippen molar-refractivity contribution in [2.24, 2.45) is 32.9 Å². The Balaban J connectivity index is 0.00000229. The lowest BCUT2D eigenvalue weighted by atomic mass is 10.1. The fourth-order valence-electron chi connectivity index (χ4n) is 4.47. The van der Waals surface area contributed by atoms with E-state index in [0.717, 1.165) is 37.1 Å². The molecule has 20 nitrogen and oxygen atoms in total. The molecule has 3 amide bonds. The van der Waals surface area contributed by atoms with E-state index in [1.165, 1.54) is 0 Å². The molecule has 20 heteroatoms. The van der Waals surface area contributed by atoms with Crippen LogP contribution in [0.3, 0.4) is 0 Å². The monoisotopic (exact) mass is 799 g/mol. The van der Waals surface area contributed by atoms with E-state index in [4.69, 9.17) is 62.1 Å². The number of alkyl carbamates (subject to hydrolysis) is 1. The van der Waals surface area contributed by atoms with Gasteiger partial charge in [0, 0.05) is 51.0 Å². The van der Waals surface area contributed by atoms with Crippen molar-refractivity contribution in [3.63, 3.8) is 0 Å². The quantitative estimate of drug-likeness (QED) is 0.0562. The average Bonchev–Trinajstić information content (AvgIpc) is 3.12. The van der Waals surface area contributed by atoms with Gasteiger partial charge in [-0.3, -0.25) is 34.0 Å². The van der Waals surface area contributed by atoms with E-state index in [1.54, 1.807) is 13.2 Å². The molecule has 57 heavy (non-hydrogen) atoms. The number of ether oxygens (including phenoxy) is 2. The van der Waals surface area contributed by atoms with Gasteiger partial charge in [0.05, 0.1) is 7.11 Å². The molecule has 3 aromatic rings. The van der Waals surface area contributed by atoms with E-state index in [1.807, 2.05) is 60.7 Å². The topological polar surface area (TPSA) is 346 Å². The van der Waals surface area contributed by atoms with Gasteiger partial charge in [-0.05, 0) is 42.7 Å². The number of methoxy groups -OCH3 is 1. The van der Waals surface area contributed by atoms with E-state index >= 15 is 0 Å². The predicted molar refractivity (Wildman–Crippen MR) is 214 cm³/mol. The van der Waals surface area contributed by atoms with Crippen LogP contribution in [0, 0.1) is 0 Å². The van der Waals surface area contributed by atoms with Gasteiger partial charge in [-0.2, -0.15) is 0 Å². The molecule has 0 bridgehead atoms. The van der Waals surface area contributed by atoms with Crippen molar-refractivity contribution < 1.29 is 53.6 Å². The first-order chi connectivity index (χ1) is 26.9. The highest BCUT2D eigenvalue weighted by atomic mass is 16.5. The Bertz CT molecular complexity index is 1760. The molecular formula is C37H53N9O11. The van der Waals surface area contributed by atoms with Crippen molar-refractivity contribution in [1.82, 2.24) is 10.6 Å². The zero-order valence-corrected chi connectivity index (χ0v) is 32.3. The van der Waals surface area contributed by atoms with Crippen molar-refractivity contribution in [3.8, 4) is 5.75 Å². The number of amides is 3. The van der Waals surface area contributed by atoms with Gasteiger partial charge in [-0.1, -0.05) is 54.6 Å². The molecule has 0 unspecified atom stereocenters. The molecule has 0 saturated heterocycles. The van der Waals surface area contributed by atoms with E-state index in [-0.39, 0.29) is 44.5 Å². The van der Waals surface area contributed by atoms with Crippen LogP contribution in [0.15, 0.2) is 76.7 Å². The Kier molecular flexibility index (Phi) is 24.8. The predicted octanol–water partition coefficient (Wildman–Crippen LogP) is 1.95. The van der Waals surface area contributed by atoms with Crippen LogP contribution in [-0.2, 0) is 35.3 Å². The second-order valence-electron chi connectivity index (χ2n) is 11.7. The van der Waals surface area contributed by atoms with Crippen LogP contribution in [0.4, 0.5) is 10.5 Å². The molecule has 0 aromatic heterocycles. The largest absolute Gasteiger partial charge is 0.496 e. The van der Waals surface area contributed by atoms with Gasteiger partial charge in [0.15, 0.2) is 11.9 Å². The lowest BCUT2D eigenvalue weighted by Gasteiger charge is -2.23. The lowest BCUT2D eigenvalue weighted by molar-refractivity contribution is -0.135. The molecule has 3 aromatic carbocycles. The average molecular weight is 800 g/mol. The number of carbonyl (C=O) groups excluding carboxylic acids is 3. The van der Waals surface area contributed by atoms with Crippen LogP contribution in [0.1, 0.15) is 52.0 Å². The Morgan fingerprint density at radius 3 is 1.65 bits per heavy atom. The summed E-state index contributed by atoms with van der Waals surface area (Å²) in [6.45, 7) is 3.75. The number of carbonyl (C=O) groups is 6. The van der Waals surface area contributed by atoms with Gasteiger partial charge in [0.2, 0.25) is 11.8 Å². The Hall–Kier alpha value is -7.12. The van der Waals surface area contributed by atoms with Crippen molar-refractivity contribution in [3.05, 3.63) is 72.3 Å². The number of carboxylic acid groups (broad SMARTS) is 3. The zero-order chi connectivity index (χ0) is 43.3. The number of fused-ring (bicyclic) bond motifs is 1. The Labute approximate surface area is 329 Å².